The number of pyridine rings is 1. The first kappa shape index (κ1) is 23.8. The predicted molar refractivity (Wildman–Crippen MR) is 125 cm³/mol. The molecule has 0 unspecified atom stereocenters. The van der Waals surface area contributed by atoms with E-state index in [-0.39, 0.29) is 45.8 Å². The Labute approximate surface area is 207 Å². The van der Waals surface area contributed by atoms with Crippen molar-refractivity contribution in [1.29, 1.82) is 0 Å². The van der Waals surface area contributed by atoms with Crippen molar-refractivity contribution >= 4 is 67.5 Å². The molecule has 0 amide bonds. The van der Waals surface area contributed by atoms with Gasteiger partial charge in [0.05, 0.1) is 11.4 Å². The van der Waals surface area contributed by atoms with Crippen molar-refractivity contribution in [2.45, 2.75) is 11.5 Å². The van der Waals surface area contributed by atoms with Crippen LogP contribution in [0, 0.1) is 0 Å². The number of aromatic nitrogens is 1. The first-order chi connectivity index (χ1) is 14.9. The Balaban J connectivity index is 0.00000289. The first-order valence-corrected chi connectivity index (χ1v) is 10.7. The normalized spacial score (nSPS) is 11.4. The summed E-state index contributed by atoms with van der Waals surface area (Å²) in [5.41, 5.74) is 7.99. The minimum atomic E-state index is -4.47. The number of benzene rings is 3. The molecule has 8 nitrogen and oxygen atoms in total. The van der Waals surface area contributed by atoms with Gasteiger partial charge in [-0.05, 0) is 24.3 Å². The molecule has 4 rings (SSSR count). The van der Waals surface area contributed by atoms with Crippen LogP contribution in [-0.2, 0) is 16.7 Å². The van der Waals surface area contributed by atoms with Crippen LogP contribution in [0.3, 0.4) is 0 Å². The molecular weight excluding hydrogens is 439 g/mol. The van der Waals surface area contributed by atoms with E-state index < -0.39 is 10.1 Å². The summed E-state index contributed by atoms with van der Waals surface area (Å²) in [4.78, 5) is 3.77. The number of nitrogens with zero attached hydrogens (tertiary/aromatic N) is 3. The molecule has 4 aromatic rings. The van der Waals surface area contributed by atoms with E-state index in [1.54, 1.807) is 60.9 Å². The van der Waals surface area contributed by atoms with Crippen LogP contribution in [0.4, 0.5) is 17.1 Å². The summed E-state index contributed by atoms with van der Waals surface area (Å²) in [7, 11) is -4.47. The average molecular weight is 458 g/mol. The molecule has 0 aliphatic rings. The summed E-state index contributed by atoms with van der Waals surface area (Å²) in [5.74, 6) is 0.588. The van der Waals surface area contributed by atoms with Gasteiger partial charge in [-0.2, -0.15) is 13.5 Å². The number of nitrogens with two attached hydrogens (primary N) is 1. The third-order valence-electron chi connectivity index (χ3n) is 4.52. The second kappa shape index (κ2) is 10.2. The zero-order chi connectivity index (χ0) is 21.8. The quantitative estimate of drug-likeness (QED) is 0.191. The predicted octanol–water partition coefficient (Wildman–Crippen LogP) is 4.41. The summed E-state index contributed by atoms with van der Waals surface area (Å²) in [6.07, 6.45) is 3.41. The molecule has 1 aromatic heterocycles. The monoisotopic (exact) mass is 458 g/mol. The Kier molecular flexibility index (Phi) is 7.60. The van der Waals surface area contributed by atoms with E-state index in [0.29, 0.717) is 28.8 Å². The summed E-state index contributed by atoms with van der Waals surface area (Å²) in [6, 6.07) is 18.5. The summed E-state index contributed by atoms with van der Waals surface area (Å²) in [6.45, 7) is 0.351. The van der Waals surface area contributed by atoms with Gasteiger partial charge < -0.3 is 10.5 Å². The van der Waals surface area contributed by atoms with Gasteiger partial charge in [0.25, 0.3) is 10.1 Å². The first-order valence-electron chi connectivity index (χ1n) is 9.24. The average Bonchev–Trinajstić information content (AvgIpc) is 2.77. The van der Waals surface area contributed by atoms with Crippen molar-refractivity contribution in [2.24, 2.45) is 10.2 Å². The summed E-state index contributed by atoms with van der Waals surface area (Å²) < 4.78 is 39.0. The molecule has 3 aromatic carbocycles. The van der Waals surface area contributed by atoms with Crippen LogP contribution in [0.1, 0.15) is 5.56 Å². The van der Waals surface area contributed by atoms with Crippen molar-refractivity contribution in [3.63, 3.8) is 0 Å². The fourth-order valence-electron chi connectivity index (χ4n) is 3.04. The second-order valence-corrected chi connectivity index (χ2v) is 8.07. The number of hydrogen-bond acceptors (Lipinski definition) is 7. The van der Waals surface area contributed by atoms with Crippen LogP contribution in [0.5, 0.6) is 5.75 Å². The molecular formula is C22H19N4NaO4S. The molecule has 0 atom stereocenters. The third kappa shape index (κ3) is 5.50. The number of rotatable bonds is 6. The van der Waals surface area contributed by atoms with E-state index >= 15 is 0 Å². The van der Waals surface area contributed by atoms with Gasteiger partial charge in [0.1, 0.15) is 22.9 Å². The van der Waals surface area contributed by atoms with Gasteiger partial charge in [0.15, 0.2) is 0 Å². The maximum atomic E-state index is 11.8. The number of azo groups is 1. The van der Waals surface area contributed by atoms with Crippen LogP contribution in [0.25, 0.3) is 10.8 Å². The fourth-order valence-corrected chi connectivity index (χ4v) is 3.76. The van der Waals surface area contributed by atoms with E-state index in [4.69, 9.17) is 10.5 Å². The molecule has 0 saturated carbocycles. The standard InChI is InChI=1S/C22H18N4O4S.Na.H/c23-22-19-9-2-1-8-18(19)21(31(27,28)29)12-20(22)26-25-16-6-3-7-17(11-16)30-14-15-5-4-10-24-13-15;;/h1-13H,14,23H2,(H,27,28,29);;. The van der Waals surface area contributed by atoms with Gasteiger partial charge in [-0.25, -0.2) is 0 Å². The molecule has 32 heavy (non-hydrogen) atoms. The van der Waals surface area contributed by atoms with E-state index in [2.05, 4.69) is 15.2 Å². The SMILES string of the molecule is Nc1c(N=Nc2cccc(OCc3cccnc3)c2)cc(S(=O)(=O)O)c2ccccc12.[NaH]. The van der Waals surface area contributed by atoms with E-state index in [9.17, 15) is 13.0 Å². The van der Waals surface area contributed by atoms with Gasteiger partial charge in [-0.1, -0.05) is 36.4 Å². The Morgan fingerprint density at radius 3 is 2.47 bits per heavy atom. The number of nitrogen functional groups attached to an aromatic ring is 1. The molecule has 0 bridgehead atoms. The van der Waals surface area contributed by atoms with Crippen molar-refractivity contribution in [3.05, 3.63) is 84.7 Å². The molecule has 0 aliphatic carbocycles. The van der Waals surface area contributed by atoms with Gasteiger partial charge >= 0.3 is 29.6 Å². The zero-order valence-corrected chi connectivity index (χ0v) is 17.0. The van der Waals surface area contributed by atoms with Crippen molar-refractivity contribution in [2.75, 3.05) is 5.73 Å². The minimum absolute atomic E-state index is 0. The Morgan fingerprint density at radius 1 is 0.969 bits per heavy atom. The molecule has 0 fully saturated rings. The molecule has 158 valence electrons. The Bertz CT molecular complexity index is 1380. The fraction of sp³-hybridized carbons (Fsp3) is 0.0455. The molecule has 0 aliphatic heterocycles. The van der Waals surface area contributed by atoms with Gasteiger partial charge in [-0.3, -0.25) is 9.54 Å². The van der Waals surface area contributed by atoms with Gasteiger partial charge in [0, 0.05) is 34.8 Å². The van der Waals surface area contributed by atoms with Crippen LogP contribution < -0.4 is 10.5 Å². The zero-order valence-electron chi connectivity index (χ0n) is 16.2. The molecule has 10 heteroatoms. The molecule has 1 heterocycles. The second-order valence-electron chi connectivity index (χ2n) is 6.68. The van der Waals surface area contributed by atoms with E-state index in [0.717, 1.165) is 5.56 Å². The van der Waals surface area contributed by atoms with Crippen molar-refractivity contribution in [3.8, 4) is 5.75 Å². The molecule has 3 N–H and O–H groups in total. The topological polar surface area (TPSA) is 127 Å². The van der Waals surface area contributed by atoms with Crippen molar-refractivity contribution in [1.82, 2.24) is 4.98 Å². The van der Waals surface area contributed by atoms with E-state index in [1.807, 2.05) is 12.1 Å². The Hall–Kier alpha value is -2.82. The van der Waals surface area contributed by atoms with Crippen LogP contribution in [0.15, 0.2) is 94.2 Å². The number of hydrogen-bond donors (Lipinski definition) is 2. The van der Waals surface area contributed by atoms with Crippen LogP contribution in [0.2, 0.25) is 0 Å². The van der Waals surface area contributed by atoms with Gasteiger partial charge in [-0.15, -0.1) is 5.11 Å². The van der Waals surface area contributed by atoms with Gasteiger partial charge in [0.2, 0.25) is 0 Å². The molecule has 0 radical (unpaired) electrons. The van der Waals surface area contributed by atoms with Crippen LogP contribution in [-0.4, -0.2) is 47.5 Å². The summed E-state index contributed by atoms with van der Waals surface area (Å²) in [5, 5.41) is 9.05. The summed E-state index contributed by atoms with van der Waals surface area (Å²) >= 11 is 0. The molecule has 0 saturated heterocycles. The number of fused-ring (bicyclic) bond motifs is 1. The van der Waals surface area contributed by atoms with Crippen LogP contribution >= 0.6 is 0 Å². The Morgan fingerprint density at radius 2 is 1.75 bits per heavy atom. The number of anilines is 1. The third-order valence-corrected chi connectivity index (χ3v) is 5.42. The maximum absolute atomic E-state index is 11.8. The van der Waals surface area contributed by atoms with Crippen molar-refractivity contribution < 1.29 is 17.7 Å². The molecule has 0 spiro atoms. The number of ether oxygens (including phenoxy) is 1. The van der Waals surface area contributed by atoms with E-state index in [1.165, 1.54) is 6.07 Å².